The molecular weight excluding hydrogens is 234 g/mol. The van der Waals surface area contributed by atoms with Crippen LogP contribution in [-0.2, 0) is 0 Å². The Balaban J connectivity index is 2.26. The molecular formula is C12H13N3O3. The number of benzene rings is 1. The van der Waals surface area contributed by atoms with Gasteiger partial charge in [0.15, 0.2) is 5.89 Å². The number of rotatable bonds is 2. The van der Waals surface area contributed by atoms with Crippen molar-refractivity contribution in [2.75, 3.05) is 11.1 Å². The van der Waals surface area contributed by atoms with Gasteiger partial charge in [0.1, 0.15) is 5.75 Å². The van der Waals surface area contributed by atoms with Gasteiger partial charge in [0.05, 0.1) is 17.1 Å². The zero-order valence-electron chi connectivity index (χ0n) is 10.0. The summed E-state index contributed by atoms with van der Waals surface area (Å²) in [7, 11) is 0. The molecule has 6 heteroatoms. The van der Waals surface area contributed by atoms with Crippen LogP contribution in [-0.4, -0.2) is 16.0 Å². The fourth-order valence-electron chi connectivity index (χ4n) is 1.57. The predicted octanol–water partition coefficient (Wildman–Crippen LogP) is 1.83. The summed E-state index contributed by atoms with van der Waals surface area (Å²) in [5.74, 6) is 0.118. The molecule has 1 aromatic carbocycles. The number of hydrogen-bond donors (Lipinski definition) is 3. The summed E-state index contributed by atoms with van der Waals surface area (Å²) in [6, 6.07) is 4.31. The topological polar surface area (TPSA) is 101 Å². The number of nitrogens with two attached hydrogens (primary N) is 1. The fourth-order valence-corrected chi connectivity index (χ4v) is 1.57. The molecule has 0 aliphatic carbocycles. The number of amides is 1. The Kier molecular flexibility index (Phi) is 2.93. The Morgan fingerprint density at radius 2 is 2.17 bits per heavy atom. The third-order valence-electron chi connectivity index (χ3n) is 2.39. The summed E-state index contributed by atoms with van der Waals surface area (Å²) < 4.78 is 5.19. The molecule has 2 rings (SSSR count). The van der Waals surface area contributed by atoms with Gasteiger partial charge in [-0.1, -0.05) is 0 Å². The molecule has 1 heterocycles. The van der Waals surface area contributed by atoms with Gasteiger partial charge in [-0.2, -0.15) is 0 Å². The predicted molar refractivity (Wildman–Crippen MR) is 66.4 cm³/mol. The molecule has 0 aliphatic rings. The maximum absolute atomic E-state index is 11.9. The lowest BCUT2D eigenvalue weighted by atomic mass is 10.2. The number of oxazole rings is 1. The summed E-state index contributed by atoms with van der Waals surface area (Å²) >= 11 is 0. The average molecular weight is 247 g/mol. The van der Waals surface area contributed by atoms with Crippen molar-refractivity contribution in [3.63, 3.8) is 0 Å². The van der Waals surface area contributed by atoms with Gasteiger partial charge in [-0.15, -0.1) is 0 Å². The zero-order valence-corrected chi connectivity index (χ0v) is 10.0. The highest BCUT2D eigenvalue weighted by Gasteiger charge is 2.17. The normalized spacial score (nSPS) is 10.3. The van der Waals surface area contributed by atoms with E-state index in [2.05, 4.69) is 10.3 Å². The summed E-state index contributed by atoms with van der Waals surface area (Å²) in [6.45, 7) is 3.34. The molecule has 0 unspecified atom stereocenters. The number of phenols is 1. The number of aryl methyl sites for hydroxylation is 2. The number of aromatic nitrogens is 1. The number of nitrogen functional groups attached to an aromatic ring is 1. The number of nitrogens with one attached hydrogen (secondary N) is 1. The molecule has 1 aromatic heterocycles. The SMILES string of the molecule is Cc1nc(C)c(C(=O)Nc2cc(O)ccc2N)o1. The van der Waals surface area contributed by atoms with Gasteiger partial charge in [0.25, 0.3) is 5.91 Å². The van der Waals surface area contributed by atoms with Crippen LogP contribution in [0, 0.1) is 13.8 Å². The van der Waals surface area contributed by atoms with Crippen LogP contribution in [0.5, 0.6) is 5.75 Å². The molecule has 0 aliphatic heterocycles. The Bertz CT molecular complexity index is 605. The van der Waals surface area contributed by atoms with E-state index in [0.29, 0.717) is 23.0 Å². The number of phenolic OH excluding ortho intramolecular Hbond substituents is 1. The summed E-state index contributed by atoms with van der Waals surface area (Å²) in [6.07, 6.45) is 0. The maximum Gasteiger partial charge on any atom is 0.293 e. The van der Waals surface area contributed by atoms with E-state index in [-0.39, 0.29) is 11.5 Å². The van der Waals surface area contributed by atoms with E-state index < -0.39 is 5.91 Å². The standard InChI is InChI=1S/C12H13N3O3/c1-6-11(18-7(2)14-6)12(17)15-10-5-8(16)3-4-9(10)13/h3-5,16H,13H2,1-2H3,(H,15,17). The molecule has 2 aromatic rings. The number of aromatic hydroxyl groups is 1. The first-order chi connectivity index (χ1) is 8.47. The van der Waals surface area contributed by atoms with E-state index >= 15 is 0 Å². The van der Waals surface area contributed by atoms with E-state index in [1.165, 1.54) is 18.2 Å². The Hall–Kier alpha value is -2.50. The van der Waals surface area contributed by atoms with E-state index in [1.54, 1.807) is 13.8 Å². The van der Waals surface area contributed by atoms with Crippen LogP contribution >= 0.6 is 0 Å². The van der Waals surface area contributed by atoms with Gasteiger partial charge >= 0.3 is 0 Å². The van der Waals surface area contributed by atoms with Gasteiger partial charge in [-0.05, 0) is 19.1 Å². The first-order valence-corrected chi connectivity index (χ1v) is 5.31. The van der Waals surface area contributed by atoms with Crippen LogP contribution in [0.4, 0.5) is 11.4 Å². The zero-order chi connectivity index (χ0) is 13.3. The molecule has 18 heavy (non-hydrogen) atoms. The third kappa shape index (κ3) is 2.27. The van der Waals surface area contributed by atoms with Crippen LogP contribution in [0.15, 0.2) is 22.6 Å². The van der Waals surface area contributed by atoms with E-state index in [4.69, 9.17) is 10.2 Å². The monoisotopic (exact) mass is 247 g/mol. The molecule has 94 valence electrons. The van der Waals surface area contributed by atoms with Crippen LogP contribution < -0.4 is 11.1 Å². The Morgan fingerprint density at radius 1 is 1.44 bits per heavy atom. The number of hydrogen-bond acceptors (Lipinski definition) is 5. The lowest BCUT2D eigenvalue weighted by Crippen LogP contribution is -2.13. The fraction of sp³-hybridized carbons (Fsp3) is 0.167. The molecule has 0 spiro atoms. The van der Waals surface area contributed by atoms with Gasteiger partial charge in [0, 0.05) is 13.0 Å². The van der Waals surface area contributed by atoms with E-state index in [9.17, 15) is 9.90 Å². The van der Waals surface area contributed by atoms with Crippen molar-refractivity contribution in [2.24, 2.45) is 0 Å². The van der Waals surface area contributed by atoms with E-state index in [0.717, 1.165) is 0 Å². The number of carbonyl (C=O) groups excluding carboxylic acids is 1. The van der Waals surface area contributed by atoms with Crippen LogP contribution in [0.2, 0.25) is 0 Å². The van der Waals surface area contributed by atoms with Gasteiger partial charge < -0.3 is 20.6 Å². The highest BCUT2D eigenvalue weighted by atomic mass is 16.4. The first kappa shape index (κ1) is 12.0. The molecule has 4 N–H and O–H groups in total. The summed E-state index contributed by atoms with van der Waals surface area (Å²) in [4.78, 5) is 15.9. The minimum Gasteiger partial charge on any atom is -0.508 e. The molecule has 6 nitrogen and oxygen atoms in total. The van der Waals surface area contributed by atoms with Crippen molar-refractivity contribution in [1.82, 2.24) is 4.98 Å². The minimum atomic E-state index is -0.453. The molecule has 0 fully saturated rings. The van der Waals surface area contributed by atoms with Crippen molar-refractivity contribution in [3.8, 4) is 5.75 Å². The van der Waals surface area contributed by atoms with Gasteiger partial charge in [-0.3, -0.25) is 4.79 Å². The minimum absolute atomic E-state index is 0.0185. The third-order valence-corrected chi connectivity index (χ3v) is 2.39. The molecule has 0 radical (unpaired) electrons. The number of nitrogens with zero attached hydrogens (tertiary/aromatic N) is 1. The van der Waals surface area contributed by atoms with Crippen LogP contribution in [0.3, 0.4) is 0 Å². The van der Waals surface area contributed by atoms with Gasteiger partial charge in [-0.25, -0.2) is 4.98 Å². The highest BCUT2D eigenvalue weighted by Crippen LogP contribution is 2.24. The van der Waals surface area contributed by atoms with Crippen molar-refractivity contribution in [3.05, 3.63) is 35.5 Å². The molecule has 0 atom stereocenters. The van der Waals surface area contributed by atoms with Crippen molar-refractivity contribution in [2.45, 2.75) is 13.8 Å². The maximum atomic E-state index is 11.9. The van der Waals surface area contributed by atoms with E-state index in [1.807, 2.05) is 0 Å². The average Bonchev–Trinajstić information content (AvgIpc) is 2.63. The van der Waals surface area contributed by atoms with Crippen molar-refractivity contribution < 1.29 is 14.3 Å². The van der Waals surface area contributed by atoms with Crippen molar-refractivity contribution in [1.29, 1.82) is 0 Å². The molecule has 0 bridgehead atoms. The second-order valence-electron chi connectivity index (χ2n) is 3.87. The lowest BCUT2D eigenvalue weighted by Gasteiger charge is -2.07. The number of anilines is 2. The quantitative estimate of drug-likeness (QED) is 0.555. The molecule has 1 amide bonds. The van der Waals surface area contributed by atoms with Crippen molar-refractivity contribution >= 4 is 17.3 Å². The largest absolute Gasteiger partial charge is 0.508 e. The molecule has 0 saturated heterocycles. The second-order valence-corrected chi connectivity index (χ2v) is 3.87. The summed E-state index contributed by atoms with van der Waals surface area (Å²) in [5.41, 5.74) is 6.87. The Morgan fingerprint density at radius 3 is 2.78 bits per heavy atom. The molecule has 0 saturated carbocycles. The van der Waals surface area contributed by atoms with Gasteiger partial charge in [0.2, 0.25) is 5.76 Å². The smallest absolute Gasteiger partial charge is 0.293 e. The highest BCUT2D eigenvalue weighted by molar-refractivity contribution is 6.04. The lowest BCUT2D eigenvalue weighted by molar-refractivity contribution is 0.0994. The van der Waals surface area contributed by atoms with Crippen LogP contribution in [0.25, 0.3) is 0 Å². The summed E-state index contributed by atoms with van der Waals surface area (Å²) in [5, 5.41) is 11.9. The Labute approximate surface area is 103 Å². The number of carbonyl (C=O) groups is 1. The first-order valence-electron chi connectivity index (χ1n) is 5.31. The van der Waals surface area contributed by atoms with Crippen LogP contribution in [0.1, 0.15) is 22.1 Å². The second kappa shape index (κ2) is 4.40.